The average molecular weight is 330 g/mol. The molecule has 0 atom stereocenters. The normalized spacial score (nSPS) is 11.0. The van der Waals surface area contributed by atoms with Gasteiger partial charge in [0.1, 0.15) is 17.2 Å². The Balaban J connectivity index is 1.97. The molecule has 0 heterocycles. The molecule has 25 heavy (non-hydrogen) atoms. The van der Waals surface area contributed by atoms with Crippen LogP contribution in [-0.4, -0.2) is 21.1 Å². The molecule has 3 N–H and O–H groups in total. The lowest BCUT2D eigenvalue weighted by Gasteiger charge is -2.11. The number of aromatic hydroxyl groups is 3. The van der Waals surface area contributed by atoms with Gasteiger partial charge in [-0.25, -0.2) is 0 Å². The van der Waals surface area contributed by atoms with Gasteiger partial charge in [-0.15, -0.1) is 0 Å². The number of ketones is 1. The van der Waals surface area contributed by atoms with E-state index in [0.717, 1.165) is 10.8 Å². The number of phenolic OH excluding ortho intramolecular Hbond substituents is 3. The van der Waals surface area contributed by atoms with Crippen molar-refractivity contribution in [1.29, 1.82) is 0 Å². The molecule has 0 radical (unpaired) electrons. The first-order valence-electron chi connectivity index (χ1n) is 7.77. The third kappa shape index (κ3) is 2.27. The summed E-state index contributed by atoms with van der Waals surface area (Å²) < 4.78 is 0. The maximum absolute atomic E-state index is 13.0. The van der Waals surface area contributed by atoms with Crippen LogP contribution in [0.4, 0.5) is 0 Å². The molecule has 0 saturated heterocycles. The van der Waals surface area contributed by atoms with E-state index < -0.39 is 0 Å². The van der Waals surface area contributed by atoms with E-state index in [1.165, 1.54) is 24.3 Å². The Morgan fingerprint density at radius 3 is 2.20 bits per heavy atom. The van der Waals surface area contributed by atoms with Gasteiger partial charge in [-0.3, -0.25) is 4.79 Å². The Morgan fingerprint density at radius 2 is 1.36 bits per heavy atom. The van der Waals surface area contributed by atoms with Crippen molar-refractivity contribution < 1.29 is 20.1 Å². The molecule has 0 spiro atoms. The van der Waals surface area contributed by atoms with Gasteiger partial charge in [-0.2, -0.15) is 0 Å². The lowest BCUT2D eigenvalue weighted by Crippen LogP contribution is -2.03. The van der Waals surface area contributed by atoms with Crippen LogP contribution >= 0.6 is 0 Å². The summed E-state index contributed by atoms with van der Waals surface area (Å²) in [5.74, 6) is -0.965. The second-order valence-corrected chi connectivity index (χ2v) is 5.84. The second kappa shape index (κ2) is 5.53. The minimum Gasteiger partial charge on any atom is -0.507 e. The zero-order valence-corrected chi connectivity index (χ0v) is 13.1. The van der Waals surface area contributed by atoms with Crippen molar-refractivity contribution >= 4 is 27.3 Å². The second-order valence-electron chi connectivity index (χ2n) is 5.84. The standard InChI is InChI=1S/C21H14O4/c22-17-10-11-18(23)19-15(17)8-9-16(21(19)25)20(24)14-7-3-5-12-4-1-2-6-13(12)14/h1-11,22-23,25H. The van der Waals surface area contributed by atoms with Crippen LogP contribution in [-0.2, 0) is 0 Å². The molecular formula is C21H14O4. The van der Waals surface area contributed by atoms with Crippen LogP contribution in [0.25, 0.3) is 21.5 Å². The number of rotatable bonds is 2. The highest BCUT2D eigenvalue weighted by Crippen LogP contribution is 2.40. The molecular weight excluding hydrogens is 316 g/mol. The summed E-state index contributed by atoms with van der Waals surface area (Å²) in [5, 5.41) is 32.6. The number of fused-ring (bicyclic) bond motifs is 2. The molecule has 0 aliphatic carbocycles. The Bertz CT molecular complexity index is 1140. The summed E-state index contributed by atoms with van der Waals surface area (Å²) in [5.41, 5.74) is 0.539. The smallest absolute Gasteiger partial charge is 0.197 e. The molecule has 0 bridgehead atoms. The Kier molecular flexibility index (Phi) is 3.32. The minimum atomic E-state index is -0.348. The van der Waals surface area contributed by atoms with E-state index >= 15 is 0 Å². The largest absolute Gasteiger partial charge is 0.507 e. The van der Waals surface area contributed by atoms with Gasteiger partial charge in [-0.05, 0) is 35.0 Å². The van der Waals surface area contributed by atoms with E-state index in [1.54, 1.807) is 12.1 Å². The third-order valence-corrected chi connectivity index (χ3v) is 4.39. The molecule has 4 nitrogen and oxygen atoms in total. The van der Waals surface area contributed by atoms with Crippen LogP contribution in [0.1, 0.15) is 15.9 Å². The van der Waals surface area contributed by atoms with Crippen molar-refractivity contribution in [3.05, 3.63) is 77.9 Å². The molecule has 0 saturated carbocycles. The SMILES string of the molecule is O=C(c1ccc2c(O)ccc(O)c2c1O)c1cccc2ccccc12. The highest BCUT2D eigenvalue weighted by atomic mass is 16.3. The van der Waals surface area contributed by atoms with E-state index in [9.17, 15) is 20.1 Å². The fourth-order valence-corrected chi connectivity index (χ4v) is 3.15. The summed E-state index contributed by atoms with van der Waals surface area (Å²) in [6.45, 7) is 0. The topological polar surface area (TPSA) is 77.8 Å². The number of carbonyl (C=O) groups excluding carboxylic acids is 1. The summed E-state index contributed by atoms with van der Waals surface area (Å²) >= 11 is 0. The van der Waals surface area contributed by atoms with E-state index in [4.69, 9.17) is 0 Å². The molecule has 0 aromatic heterocycles. The van der Waals surface area contributed by atoms with Crippen molar-refractivity contribution in [2.75, 3.05) is 0 Å². The van der Waals surface area contributed by atoms with Crippen LogP contribution in [0.15, 0.2) is 66.7 Å². The molecule has 4 heteroatoms. The predicted molar refractivity (Wildman–Crippen MR) is 96.3 cm³/mol. The summed E-state index contributed by atoms with van der Waals surface area (Å²) in [7, 11) is 0. The molecule has 0 amide bonds. The van der Waals surface area contributed by atoms with Crippen molar-refractivity contribution in [3.8, 4) is 17.2 Å². The quantitative estimate of drug-likeness (QED) is 0.377. The number of phenols is 3. The van der Waals surface area contributed by atoms with Gasteiger partial charge in [-0.1, -0.05) is 42.5 Å². The van der Waals surface area contributed by atoms with Gasteiger partial charge < -0.3 is 15.3 Å². The zero-order valence-electron chi connectivity index (χ0n) is 13.1. The third-order valence-electron chi connectivity index (χ3n) is 4.39. The fraction of sp³-hybridized carbons (Fsp3) is 0. The van der Waals surface area contributed by atoms with Crippen molar-refractivity contribution in [2.24, 2.45) is 0 Å². The summed E-state index contributed by atoms with van der Waals surface area (Å²) in [4.78, 5) is 13.0. The van der Waals surface area contributed by atoms with Crippen LogP contribution < -0.4 is 0 Å². The molecule has 0 aliphatic heterocycles. The fourth-order valence-electron chi connectivity index (χ4n) is 3.15. The molecule has 0 fully saturated rings. The summed E-state index contributed by atoms with van der Waals surface area (Å²) in [6.07, 6.45) is 0. The van der Waals surface area contributed by atoms with Gasteiger partial charge in [0.15, 0.2) is 5.78 Å². The molecule has 4 rings (SSSR count). The maximum atomic E-state index is 13.0. The van der Waals surface area contributed by atoms with Gasteiger partial charge in [0, 0.05) is 10.9 Å². The van der Waals surface area contributed by atoms with Gasteiger partial charge in [0.2, 0.25) is 0 Å². The van der Waals surface area contributed by atoms with Crippen LogP contribution in [0.2, 0.25) is 0 Å². The van der Waals surface area contributed by atoms with E-state index in [0.29, 0.717) is 5.56 Å². The number of benzene rings is 4. The summed E-state index contributed by atoms with van der Waals surface area (Å²) in [6, 6.07) is 18.5. The van der Waals surface area contributed by atoms with Crippen LogP contribution in [0.5, 0.6) is 17.2 Å². The number of carbonyl (C=O) groups is 1. The van der Waals surface area contributed by atoms with Crippen molar-refractivity contribution in [2.45, 2.75) is 0 Å². The van der Waals surface area contributed by atoms with Crippen molar-refractivity contribution in [3.63, 3.8) is 0 Å². The first-order chi connectivity index (χ1) is 12.1. The molecule has 122 valence electrons. The Labute approximate surface area is 143 Å². The van der Waals surface area contributed by atoms with Gasteiger partial charge in [0.05, 0.1) is 10.9 Å². The van der Waals surface area contributed by atoms with Crippen molar-refractivity contribution in [1.82, 2.24) is 0 Å². The number of hydrogen-bond acceptors (Lipinski definition) is 4. The minimum absolute atomic E-state index is 0.0612. The average Bonchev–Trinajstić information content (AvgIpc) is 2.64. The first-order valence-corrected chi connectivity index (χ1v) is 7.77. The monoisotopic (exact) mass is 330 g/mol. The highest BCUT2D eigenvalue weighted by molar-refractivity contribution is 6.19. The zero-order chi connectivity index (χ0) is 17.6. The molecule has 0 aliphatic rings. The molecule has 4 aromatic carbocycles. The van der Waals surface area contributed by atoms with Gasteiger partial charge >= 0.3 is 0 Å². The van der Waals surface area contributed by atoms with Crippen LogP contribution in [0.3, 0.4) is 0 Å². The molecule has 4 aromatic rings. The Morgan fingerprint density at radius 1 is 0.640 bits per heavy atom. The molecule has 0 unspecified atom stereocenters. The van der Waals surface area contributed by atoms with E-state index in [1.807, 2.05) is 30.3 Å². The maximum Gasteiger partial charge on any atom is 0.197 e. The van der Waals surface area contributed by atoms with E-state index in [2.05, 4.69) is 0 Å². The van der Waals surface area contributed by atoms with Gasteiger partial charge in [0.25, 0.3) is 0 Å². The lowest BCUT2D eigenvalue weighted by molar-refractivity contribution is 0.103. The predicted octanol–water partition coefficient (Wildman–Crippen LogP) is 4.34. The van der Waals surface area contributed by atoms with E-state index in [-0.39, 0.29) is 39.4 Å². The van der Waals surface area contributed by atoms with Crippen LogP contribution in [0, 0.1) is 0 Å². The Hall–Kier alpha value is -3.53. The highest BCUT2D eigenvalue weighted by Gasteiger charge is 2.20. The lowest BCUT2D eigenvalue weighted by atomic mass is 9.94. The first kappa shape index (κ1) is 15.0. The number of hydrogen-bond donors (Lipinski definition) is 3.